The number of nitrogens with one attached hydrogen (secondary N) is 1. The van der Waals surface area contributed by atoms with Gasteiger partial charge in [-0.1, -0.05) is 11.3 Å². The van der Waals surface area contributed by atoms with Gasteiger partial charge in [-0.05, 0) is 49.2 Å². The zero-order valence-corrected chi connectivity index (χ0v) is 15.1. The SMILES string of the molecule is COc1ccc(F)cc1C(=O)Nc1ccc2nc(N3CCCC3)sc2c1. The molecule has 2 aromatic carbocycles. The molecule has 1 fully saturated rings. The second-order valence-corrected chi connectivity index (χ2v) is 7.18. The Labute approximate surface area is 154 Å². The van der Waals surface area contributed by atoms with Gasteiger partial charge in [0.2, 0.25) is 0 Å². The van der Waals surface area contributed by atoms with E-state index in [1.54, 1.807) is 17.4 Å². The number of thiazole rings is 1. The fraction of sp³-hybridized carbons (Fsp3) is 0.263. The van der Waals surface area contributed by atoms with E-state index in [0.29, 0.717) is 11.4 Å². The molecule has 1 aromatic heterocycles. The van der Waals surface area contributed by atoms with Crippen LogP contribution in [0.5, 0.6) is 5.75 Å². The molecule has 5 nitrogen and oxygen atoms in total. The van der Waals surface area contributed by atoms with Gasteiger partial charge >= 0.3 is 0 Å². The lowest BCUT2D eigenvalue weighted by Crippen LogP contribution is -2.16. The normalized spacial score (nSPS) is 14.0. The van der Waals surface area contributed by atoms with Crippen molar-refractivity contribution in [3.05, 3.63) is 47.8 Å². The number of carbonyl (C=O) groups is 1. The van der Waals surface area contributed by atoms with Crippen molar-refractivity contribution in [3.63, 3.8) is 0 Å². The molecule has 1 aliphatic rings. The molecule has 134 valence electrons. The number of fused-ring (bicyclic) bond motifs is 1. The highest BCUT2D eigenvalue weighted by Crippen LogP contribution is 2.32. The minimum absolute atomic E-state index is 0.162. The Morgan fingerprint density at radius 3 is 2.81 bits per heavy atom. The largest absolute Gasteiger partial charge is 0.496 e. The highest BCUT2D eigenvalue weighted by Gasteiger charge is 2.17. The lowest BCUT2D eigenvalue weighted by Gasteiger charge is -2.11. The van der Waals surface area contributed by atoms with Crippen LogP contribution in [0.2, 0.25) is 0 Å². The van der Waals surface area contributed by atoms with Crippen molar-refractivity contribution in [1.29, 1.82) is 0 Å². The molecular formula is C19H18FN3O2S. The van der Waals surface area contributed by atoms with Crippen molar-refractivity contribution in [2.24, 2.45) is 0 Å². The van der Waals surface area contributed by atoms with E-state index in [2.05, 4.69) is 15.2 Å². The topological polar surface area (TPSA) is 54.5 Å². The van der Waals surface area contributed by atoms with E-state index in [0.717, 1.165) is 28.4 Å². The highest BCUT2D eigenvalue weighted by atomic mass is 32.1. The van der Waals surface area contributed by atoms with E-state index in [4.69, 9.17) is 4.74 Å². The van der Waals surface area contributed by atoms with Crippen LogP contribution < -0.4 is 15.0 Å². The third kappa shape index (κ3) is 3.22. The minimum atomic E-state index is -0.482. The van der Waals surface area contributed by atoms with Crippen molar-refractivity contribution >= 4 is 38.3 Å². The molecule has 0 saturated carbocycles. The van der Waals surface area contributed by atoms with Crippen LogP contribution in [-0.4, -0.2) is 31.1 Å². The molecule has 4 rings (SSSR count). The highest BCUT2D eigenvalue weighted by molar-refractivity contribution is 7.22. The lowest BCUT2D eigenvalue weighted by molar-refractivity contribution is 0.102. The zero-order chi connectivity index (χ0) is 18.1. The summed E-state index contributed by atoms with van der Waals surface area (Å²) < 4.78 is 19.7. The fourth-order valence-electron chi connectivity index (χ4n) is 3.09. The summed E-state index contributed by atoms with van der Waals surface area (Å²) in [7, 11) is 1.45. The Balaban J connectivity index is 1.59. The van der Waals surface area contributed by atoms with Gasteiger partial charge in [0.05, 0.1) is 22.9 Å². The van der Waals surface area contributed by atoms with Crippen molar-refractivity contribution in [3.8, 4) is 5.75 Å². The zero-order valence-electron chi connectivity index (χ0n) is 14.3. The first-order chi connectivity index (χ1) is 12.6. The molecule has 1 saturated heterocycles. The maximum atomic E-state index is 13.5. The quantitative estimate of drug-likeness (QED) is 0.743. The number of halogens is 1. The van der Waals surface area contributed by atoms with Crippen LogP contribution in [0.25, 0.3) is 10.2 Å². The van der Waals surface area contributed by atoms with Crippen LogP contribution in [-0.2, 0) is 0 Å². The molecule has 0 bridgehead atoms. The third-order valence-electron chi connectivity index (χ3n) is 4.42. The number of aromatic nitrogens is 1. The van der Waals surface area contributed by atoms with Crippen LogP contribution in [0.3, 0.4) is 0 Å². The van der Waals surface area contributed by atoms with Gasteiger partial charge in [0, 0.05) is 18.8 Å². The van der Waals surface area contributed by atoms with Crippen LogP contribution in [0.15, 0.2) is 36.4 Å². The van der Waals surface area contributed by atoms with E-state index >= 15 is 0 Å². The van der Waals surface area contributed by atoms with E-state index in [-0.39, 0.29) is 5.56 Å². The Bertz CT molecular complexity index is 967. The molecule has 26 heavy (non-hydrogen) atoms. The van der Waals surface area contributed by atoms with Crippen LogP contribution in [0.4, 0.5) is 15.2 Å². The molecule has 0 aliphatic carbocycles. The lowest BCUT2D eigenvalue weighted by atomic mass is 10.1. The number of anilines is 2. The second kappa shape index (κ2) is 6.92. The summed E-state index contributed by atoms with van der Waals surface area (Å²) in [5.74, 6) is -0.562. The number of benzene rings is 2. The Hall–Kier alpha value is -2.67. The smallest absolute Gasteiger partial charge is 0.259 e. The number of ether oxygens (including phenoxy) is 1. The molecule has 0 radical (unpaired) electrons. The van der Waals surface area contributed by atoms with Gasteiger partial charge < -0.3 is 15.0 Å². The van der Waals surface area contributed by atoms with Crippen molar-refractivity contribution in [2.75, 3.05) is 30.4 Å². The van der Waals surface area contributed by atoms with Crippen molar-refractivity contribution in [2.45, 2.75) is 12.8 Å². The minimum Gasteiger partial charge on any atom is -0.496 e. The predicted octanol–water partition coefficient (Wildman–Crippen LogP) is 4.30. The molecule has 0 spiro atoms. The van der Waals surface area contributed by atoms with Gasteiger partial charge in [-0.3, -0.25) is 4.79 Å². The number of hydrogen-bond acceptors (Lipinski definition) is 5. The monoisotopic (exact) mass is 371 g/mol. The van der Waals surface area contributed by atoms with E-state index in [9.17, 15) is 9.18 Å². The van der Waals surface area contributed by atoms with E-state index in [1.165, 1.54) is 38.2 Å². The Kier molecular flexibility index (Phi) is 4.46. The Morgan fingerprint density at radius 2 is 2.04 bits per heavy atom. The molecule has 7 heteroatoms. The molecule has 0 unspecified atom stereocenters. The molecule has 3 aromatic rings. The van der Waals surface area contributed by atoms with E-state index in [1.807, 2.05) is 12.1 Å². The van der Waals surface area contributed by atoms with Gasteiger partial charge in [0.1, 0.15) is 11.6 Å². The first-order valence-corrected chi connectivity index (χ1v) is 9.26. The maximum absolute atomic E-state index is 13.5. The molecule has 1 N–H and O–H groups in total. The molecule has 1 amide bonds. The Morgan fingerprint density at radius 1 is 1.23 bits per heavy atom. The maximum Gasteiger partial charge on any atom is 0.259 e. The number of hydrogen-bond donors (Lipinski definition) is 1. The molecule has 2 heterocycles. The predicted molar refractivity (Wildman–Crippen MR) is 102 cm³/mol. The summed E-state index contributed by atoms with van der Waals surface area (Å²) in [5.41, 5.74) is 1.72. The molecule has 0 atom stereocenters. The summed E-state index contributed by atoms with van der Waals surface area (Å²) in [4.78, 5) is 19.5. The average Bonchev–Trinajstić information content (AvgIpc) is 3.30. The average molecular weight is 371 g/mol. The van der Waals surface area contributed by atoms with Crippen molar-refractivity contribution in [1.82, 2.24) is 4.98 Å². The summed E-state index contributed by atoms with van der Waals surface area (Å²) >= 11 is 1.62. The first-order valence-electron chi connectivity index (χ1n) is 8.44. The first kappa shape index (κ1) is 16.8. The summed E-state index contributed by atoms with van der Waals surface area (Å²) in [6.45, 7) is 2.09. The summed E-state index contributed by atoms with van der Waals surface area (Å²) in [5, 5.41) is 3.83. The fourth-order valence-corrected chi connectivity index (χ4v) is 4.15. The van der Waals surface area contributed by atoms with Gasteiger partial charge in [-0.15, -0.1) is 0 Å². The van der Waals surface area contributed by atoms with Gasteiger partial charge in [0.25, 0.3) is 5.91 Å². The van der Waals surface area contributed by atoms with Gasteiger partial charge in [0.15, 0.2) is 5.13 Å². The summed E-state index contributed by atoms with van der Waals surface area (Å²) in [6.07, 6.45) is 2.40. The second-order valence-electron chi connectivity index (χ2n) is 6.17. The third-order valence-corrected chi connectivity index (χ3v) is 5.50. The number of amides is 1. The summed E-state index contributed by atoms with van der Waals surface area (Å²) in [6, 6.07) is 9.47. The standard InChI is InChI=1S/C19H18FN3O2S/c1-25-16-7-4-12(20)10-14(16)18(24)21-13-5-6-15-17(11-13)26-19(22-15)23-8-2-3-9-23/h4-7,10-11H,2-3,8-9H2,1H3,(H,21,24). The molecule has 1 aliphatic heterocycles. The van der Waals surface area contributed by atoms with Gasteiger partial charge in [-0.25, -0.2) is 9.37 Å². The number of carbonyl (C=O) groups excluding carboxylic acids is 1. The molecular weight excluding hydrogens is 353 g/mol. The number of rotatable bonds is 4. The van der Waals surface area contributed by atoms with Crippen LogP contribution >= 0.6 is 11.3 Å². The van der Waals surface area contributed by atoms with Crippen LogP contribution in [0, 0.1) is 5.82 Å². The number of methoxy groups -OCH3 is 1. The van der Waals surface area contributed by atoms with Gasteiger partial charge in [-0.2, -0.15) is 0 Å². The van der Waals surface area contributed by atoms with Crippen LogP contribution in [0.1, 0.15) is 23.2 Å². The van der Waals surface area contributed by atoms with E-state index < -0.39 is 11.7 Å². The number of nitrogens with zero attached hydrogens (tertiary/aromatic N) is 2. The van der Waals surface area contributed by atoms with Crippen molar-refractivity contribution < 1.29 is 13.9 Å².